The molecule has 0 bridgehead atoms. The summed E-state index contributed by atoms with van der Waals surface area (Å²) in [5.41, 5.74) is -0.713. The second-order valence-corrected chi connectivity index (χ2v) is 5.54. The van der Waals surface area contributed by atoms with Gasteiger partial charge in [-0.05, 0) is 6.42 Å². The number of hydrogen-bond donors (Lipinski definition) is 1. The number of rotatable bonds is 8. The predicted octanol–water partition coefficient (Wildman–Crippen LogP) is 1.77. The number of aliphatic hydroxyl groups excluding tert-OH is 1. The van der Waals surface area contributed by atoms with Crippen molar-refractivity contribution in [3.8, 4) is 0 Å². The van der Waals surface area contributed by atoms with E-state index in [1.165, 1.54) is 0 Å². The molecule has 0 aromatic heterocycles. The summed E-state index contributed by atoms with van der Waals surface area (Å²) in [4.78, 5) is 22.9. The zero-order valence-corrected chi connectivity index (χ0v) is 12.6. The van der Waals surface area contributed by atoms with Crippen molar-refractivity contribution in [2.45, 2.75) is 41.0 Å². The fourth-order valence-corrected chi connectivity index (χ4v) is 1.23. The van der Waals surface area contributed by atoms with Crippen molar-refractivity contribution in [2.24, 2.45) is 17.3 Å². The molecule has 0 saturated heterocycles. The molecular formula is C14H26O5. The highest BCUT2D eigenvalue weighted by Gasteiger charge is 2.32. The molecule has 0 aliphatic heterocycles. The predicted molar refractivity (Wildman–Crippen MR) is 71.4 cm³/mol. The Balaban J connectivity index is 4.49. The van der Waals surface area contributed by atoms with E-state index in [1.807, 2.05) is 6.92 Å². The van der Waals surface area contributed by atoms with Crippen LogP contribution in [0.2, 0.25) is 0 Å². The first-order valence-electron chi connectivity index (χ1n) is 6.72. The minimum Gasteiger partial charge on any atom is -0.465 e. The highest BCUT2D eigenvalue weighted by molar-refractivity contribution is 5.72. The second-order valence-electron chi connectivity index (χ2n) is 5.54. The van der Waals surface area contributed by atoms with Crippen molar-refractivity contribution in [1.29, 1.82) is 0 Å². The standard InChI is InChI=1S/C14H26O5/c1-6-14(7-15,8-18-12(16)10(2)3)9-19-13(17)11(4)5/h10-11,15H,6-9H2,1-5H3. The minimum absolute atomic E-state index is 0.0579. The molecule has 0 spiro atoms. The number of carbonyl (C=O) groups is 2. The smallest absolute Gasteiger partial charge is 0.308 e. The highest BCUT2D eigenvalue weighted by Crippen LogP contribution is 2.23. The molecule has 0 rings (SSSR count). The van der Waals surface area contributed by atoms with Gasteiger partial charge in [0.25, 0.3) is 0 Å². The Morgan fingerprint density at radius 2 is 1.37 bits per heavy atom. The maximum atomic E-state index is 11.5. The van der Waals surface area contributed by atoms with Crippen molar-refractivity contribution in [3.63, 3.8) is 0 Å². The Morgan fingerprint density at radius 3 is 1.58 bits per heavy atom. The largest absolute Gasteiger partial charge is 0.465 e. The number of carbonyl (C=O) groups excluding carboxylic acids is 2. The van der Waals surface area contributed by atoms with Crippen LogP contribution in [0.1, 0.15) is 41.0 Å². The van der Waals surface area contributed by atoms with E-state index >= 15 is 0 Å². The van der Waals surface area contributed by atoms with E-state index in [-0.39, 0.29) is 43.6 Å². The third-order valence-electron chi connectivity index (χ3n) is 3.07. The number of aliphatic hydroxyl groups is 1. The average molecular weight is 274 g/mol. The first-order chi connectivity index (χ1) is 8.78. The van der Waals surface area contributed by atoms with Crippen LogP contribution in [0.5, 0.6) is 0 Å². The van der Waals surface area contributed by atoms with Crippen LogP contribution >= 0.6 is 0 Å². The average Bonchev–Trinajstić information content (AvgIpc) is 2.38. The summed E-state index contributed by atoms with van der Waals surface area (Å²) >= 11 is 0. The van der Waals surface area contributed by atoms with Crippen molar-refractivity contribution in [1.82, 2.24) is 0 Å². The summed E-state index contributed by atoms with van der Waals surface area (Å²) in [5, 5.41) is 9.50. The summed E-state index contributed by atoms with van der Waals surface area (Å²) in [7, 11) is 0. The lowest BCUT2D eigenvalue weighted by Gasteiger charge is -2.30. The van der Waals surface area contributed by atoms with Crippen LogP contribution in [-0.4, -0.2) is 36.9 Å². The number of hydrogen-bond acceptors (Lipinski definition) is 5. The fourth-order valence-electron chi connectivity index (χ4n) is 1.23. The molecule has 1 N–H and O–H groups in total. The van der Waals surface area contributed by atoms with Crippen LogP contribution < -0.4 is 0 Å². The second kappa shape index (κ2) is 8.15. The molecule has 0 aliphatic rings. The minimum atomic E-state index is -0.713. The lowest BCUT2D eigenvalue weighted by Crippen LogP contribution is -2.38. The molecule has 0 aromatic rings. The monoisotopic (exact) mass is 274 g/mol. The van der Waals surface area contributed by atoms with Crippen LogP contribution in [0.25, 0.3) is 0 Å². The molecule has 0 amide bonds. The third kappa shape index (κ3) is 6.05. The first kappa shape index (κ1) is 17.9. The molecular weight excluding hydrogens is 248 g/mol. The van der Waals surface area contributed by atoms with Crippen molar-refractivity contribution in [2.75, 3.05) is 19.8 Å². The fraction of sp³-hybridized carbons (Fsp3) is 0.857. The molecule has 0 heterocycles. The Labute approximate surface area is 115 Å². The lowest BCUT2D eigenvalue weighted by atomic mass is 9.88. The van der Waals surface area contributed by atoms with Gasteiger partial charge in [-0.2, -0.15) is 0 Å². The Hall–Kier alpha value is -1.10. The van der Waals surface area contributed by atoms with E-state index in [1.54, 1.807) is 27.7 Å². The maximum absolute atomic E-state index is 11.5. The Kier molecular flexibility index (Phi) is 7.68. The van der Waals surface area contributed by atoms with E-state index in [0.29, 0.717) is 6.42 Å². The molecule has 5 nitrogen and oxygen atoms in total. The van der Waals surface area contributed by atoms with Gasteiger partial charge in [-0.15, -0.1) is 0 Å². The summed E-state index contributed by atoms with van der Waals surface area (Å²) in [6, 6.07) is 0. The van der Waals surface area contributed by atoms with Crippen molar-refractivity contribution < 1.29 is 24.2 Å². The Bertz CT molecular complexity index is 266. The van der Waals surface area contributed by atoms with Gasteiger partial charge < -0.3 is 14.6 Å². The van der Waals surface area contributed by atoms with Gasteiger partial charge in [0.1, 0.15) is 13.2 Å². The van der Waals surface area contributed by atoms with Gasteiger partial charge in [0, 0.05) is 0 Å². The summed E-state index contributed by atoms with van der Waals surface area (Å²) in [6.45, 7) is 8.76. The summed E-state index contributed by atoms with van der Waals surface area (Å²) < 4.78 is 10.3. The first-order valence-corrected chi connectivity index (χ1v) is 6.72. The van der Waals surface area contributed by atoms with E-state index in [0.717, 1.165) is 0 Å². The quantitative estimate of drug-likeness (QED) is 0.683. The zero-order chi connectivity index (χ0) is 15.1. The van der Waals surface area contributed by atoms with E-state index in [9.17, 15) is 14.7 Å². The van der Waals surface area contributed by atoms with Crippen molar-refractivity contribution >= 4 is 11.9 Å². The highest BCUT2D eigenvalue weighted by atomic mass is 16.5. The zero-order valence-electron chi connectivity index (χ0n) is 12.6. The van der Waals surface area contributed by atoms with Gasteiger partial charge in [0.2, 0.25) is 0 Å². The van der Waals surface area contributed by atoms with Gasteiger partial charge in [0.05, 0.1) is 23.9 Å². The Morgan fingerprint density at radius 1 is 1.00 bits per heavy atom. The van der Waals surface area contributed by atoms with Gasteiger partial charge in [-0.3, -0.25) is 9.59 Å². The molecule has 5 heteroatoms. The van der Waals surface area contributed by atoms with Crippen LogP contribution in [0.3, 0.4) is 0 Å². The molecule has 0 fully saturated rings. The molecule has 19 heavy (non-hydrogen) atoms. The lowest BCUT2D eigenvalue weighted by molar-refractivity contribution is -0.160. The molecule has 0 saturated carbocycles. The molecule has 112 valence electrons. The van der Waals surface area contributed by atoms with Gasteiger partial charge in [-0.1, -0.05) is 34.6 Å². The van der Waals surface area contributed by atoms with Gasteiger partial charge in [0.15, 0.2) is 0 Å². The van der Waals surface area contributed by atoms with Gasteiger partial charge in [-0.25, -0.2) is 0 Å². The van der Waals surface area contributed by atoms with Crippen LogP contribution in [0.4, 0.5) is 0 Å². The molecule has 0 radical (unpaired) electrons. The topological polar surface area (TPSA) is 72.8 Å². The third-order valence-corrected chi connectivity index (χ3v) is 3.07. The molecule has 0 aromatic carbocycles. The van der Waals surface area contributed by atoms with Crippen LogP contribution in [-0.2, 0) is 19.1 Å². The summed E-state index contributed by atoms with van der Waals surface area (Å²) in [6.07, 6.45) is 0.556. The van der Waals surface area contributed by atoms with E-state index in [4.69, 9.17) is 9.47 Å². The van der Waals surface area contributed by atoms with Crippen molar-refractivity contribution in [3.05, 3.63) is 0 Å². The molecule has 0 unspecified atom stereocenters. The van der Waals surface area contributed by atoms with Crippen LogP contribution in [0.15, 0.2) is 0 Å². The number of ether oxygens (including phenoxy) is 2. The van der Waals surface area contributed by atoms with E-state index < -0.39 is 5.41 Å². The normalized spacial score (nSPS) is 11.8. The SMILES string of the molecule is CCC(CO)(COC(=O)C(C)C)COC(=O)C(C)C. The van der Waals surface area contributed by atoms with E-state index in [2.05, 4.69) is 0 Å². The summed E-state index contributed by atoms with van der Waals surface area (Å²) in [5.74, 6) is -1.07. The molecule has 0 atom stereocenters. The van der Waals surface area contributed by atoms with Gasteiger partial charge >= 0.3 is 11.9 Å². The maximum Gasteiger partial charge on any atom is 0.308 e. The molecule has 0 aliphatic carbocycles. The number of esters is 2. The van der Waals surface area contributed by atoms with Crippen LogP contribution in [0, 0.1) is 17.3 Å².